The fourth-order valence-corrected chi connectivity index (χ4v) is 8.04. The fraction of sp³-hybridized carbons (Fsp3) is 0. The number of rotatable bonds is 8. The molecule has 0 spiro atoms. The molecule has 6 heteroatoms. The third-order valence-electron chi connectivity index (χ3n) is 11.2. The van der Waals surface area contributed by atoms with Crippen LogP contribution in [0, 0.1) is 0 Å². The Balaban J connectivity index is 0.961. The maximum atomic E-state index is 5.12. The maximum absolute atomic E-state index is 5.12. The molecule has 0 fully saturated rings. The third-order valence-corrected chi connectivity index (χ3v) is 11.2. The standard InChI is InChI=1S/C56H36N6/c1-4-16-40(17-5-1)51-57-52(41-18-6-2-7-19-41)59-54(58-51)43-32-29-39(30-33-43)48-27-13-23-38-31-34-45(36-50(38)48)44-24-12-25-46(35-44)55-60-53(42-20-8-3-9-21-42)61-56(62-55)49-28-14-22-37-15-10-11-26-47(37)49/h1-36H. The minimum atomic E-state index is 0.621. The van der Waals surface area contributed by atoms with Crippen LogP contribution in [0.4, 0.5) is 0 Å². The van der Waals surface area contributed by atoms with E-state index in [1.807, 2.05) is 91.0 Å². The molecule has 6 nitrogen and oxygen atoms in total. The summed E-state index contributed by atoms with van der Waals surface area (Å²) in [5.41, 5.74) is 10.0. The van der Waals surface area contributed by atoms with Crippen molar-refractivity contribution in [3.63, 3.8) is 0 Å². The van der Waals surface area contributed by atoms with Crippen molar-refractivity contribution in [1.29, 1.82) is 0 Å². The van der Waals surface area contributed by atoms with Crippen LogP contribution in [0.15, 0.2) is 218 Å². The second-order valence-electron chi connectivity index (χ2n) is 15.1. The number of hydrogen-bond acceptors (Lipinski definition) is 6. The SMILES string of the molecule is c1ccc(-c2nc(-c3ccccc3)nc(-c3ccc(-c4cccc5ccc(-c6cccc(-c7nc(-c8ccccc8)nc(-c8cccc9ccccc89)n7)c6)cc45)cc3)n2)cc1. The molecule has 290 valence electrons. The van der Waals surface area contributed by atoms with Gasteiger partial charge in [0.15, 0.2) is 34.9 Å². The van der Waals surface area contributed by atoms with E-state index in [9.17, 15) is 0 Å². The van der Waals surface area contributed by atoms with Gasteiger partial charge in [0.25, 0.3) is 0 Å². The Morgan fingerprint density at radius 1 is 0.194 bits per heavy atom. The van der Waals surface area contributed by atoms with Gasteiger partial charge in [0.2, 0.25) is 0 Å². The molecule has 0 bridgehead atoms. The highest BCUT2D eigenvalue weighted by molar-refractivity contribution is 5.99. The van der Waals surface area contributed by atoms with E-state index in [1.54, 1.807) is 0 Å². The minimum Gasteiger partial charge on any atom is -0.208 e. The Bertz CT molecular complexity index is 3330. The van der Waals surface area contributed by atoms with E-state index in [2.05, 4.69) is 127 Å². The van der Waals surface area contributed by atoms with E-state index in [1.165, 1.54) is 0 Å². The molecule has 0 saturated heterocycles. The van der Waals surface area contributed by atoms with Gasteiger partial charge in [-0.1, -0.05) is 206 Å². The molecule has 2 heterocycles. The Hall–Kier alpha value is -8.48. The van der Waals surface area contributed by atoms with Crippen LogP contribution in [0.2, 0.25) is 0 Å². The van der Waals surface area contributed by atoms with Crippen molar-refractivity contribution < 1.29 is 0 Å². The van der Waals surface area contributed by atoms with Gasteiger partial charge in [0.05, 0.1) is 0 Å². The average molecular weight is 793 g/mol. The highest BCUT2D eigenvalue weighted by Crippen LogP contribution is 2.36. The lowest BCUT2D eigenvalue weighted by atomic mass is 9.94. The van der Waals surface area contributed by atoms with Crippen molar-refractivity contribution in [2.24, 2.45) is 0 Å². The molecule has 0 N–H and O–H groups in total. The van der Waals surface area contributed by atoms with Crippen molar-refractivity contribution in [3.8, 4) is 90.6 Å². The summed E-state index contributed by atoms with van der Waals surface area (Å²) in [6, 6.07) is 75.0. The Morgan fingerprint density at radius 2 is 0.565 bits per heavy atom. The molecular weight excluding hydrogens is 757 g/mol. The number of benzene rings is 9. The van der Waals surface area contributed by atoms with E-state index >= 15 is 0 Å². The summed E-state index contributed by atoms with van der Waals surface area (Å²) in [5.74, 6) is 3.80. The molecule has 0 atom stereocenters. The third kappa shape index (κ3) is 7.16. The van der Waals surface area contributed by atoms with Crippen LogP contribution in [0.1, 0.15) is 0 Å². The van der Waals surface area contributed by atoms with Gasteiger partial charge in [-0.15, -0.1) is 0 Å². The predicted octanol–water partition coefficient (Wildman–Crippen LogP) is 13.7. The molecular formula is C56H36N6. The predicted molar refractivity (Wildman–Crippen MR) is 252 cm³/mol. The number of aromatic nitrogens is 6. The fourth-order valence-electron chi connectivity index (χ4n) is 8.04. The molecule has 0 aliphatic heterocycles. The first-order valence-corrected chi connectivity index (χ1v) is 20.6. The summed E-state index contributed by atoms with van der Waals surface area (Å²) in [6.07, 6.45) is 0. The molecule has 0 aliphatic carbocycles. The molecule has 0 amide bonds. The summed E-state index contributed by atoms with van der Waals surface area (Å²) in [5, 5.41) is 4.56. The Labute approximate surface area is 359 Å². The normalized spacial score (nSPS) is 11.2. The number of fused-ring (bicyclic) bond motifs is 2. The van der Waals surface area contributed by atoms with Crippen LogP contribution >= 0.6 is 0 Å². The molecule has 2 aromatic heterocycles. The summed E-state index contributed by atoms with van der Waals surface area (Å²) in [6.45, 7) is 0. The lowest BCUT2D eigenvalue weighted by Gasteiger charge is -2.12. The van der Waals surface area contributed by atoms with Crippen molar-refractivity contribution >= 4 is 21.5 Å². The maximum Gasteiger partial charge on any atom is 0.164 e. The van der Waals surface area contributed by atoms with Gasteiger partial charge in [-0.05, 0) is 55.9 Å². The van der Waals surface area contributed by atoms with Crippen molar-refractivity contribution in [2.75, 3.05) is 0 Å². The van der Waals surface area contributed by atoms with Gasteiger partial charge in [-0.3, -0.25) is 0 Å². The average Bonchev–Trinajstić information content (AvgIpc) is 3.36. The molecule has 62 heavy (non-hydrogen) atoms. The highest BCUT2D eigenvalue weighted by Gasteiger charge is 2.16. The first-order chi connectivity index (χ1) is 30.7. The summed E-state index contributed by atoms with van der Waals surface area (Å²) in [7, 11) is 0. The zero-order chi connectivity index (χ0) is 41.2. The quantitative estimate of drug-likeness (QED) is 0.152. The van der Waals surface area contributed by atoms with Crippen LogP contribution in [-0.2, 0) is 0 Å². The highest BCUT2D eigenvalue weighted by atomic mass is 15.0. The van der Waals surface area contributed by atoms with Crippen LogP contribution < -0.4 is 0 Å². The van der Waals surface area contributed by atoms with Gasteiger partial charge >= 0.3 is 0 Å². The first-order valence-electron chi connectivity index (χ1n) is 20.6. The number of nitrogens with zero attached hydrogens (tertiary/aromatic N) is 6. The van der Waals surface area contributed by atoms with Crippen LogP contribution in [-0.4, -0.2) is 29.9 Å². The molecule has 11 rings (SSSR count). The van der Waals surface area contributed by atoms with E-state index in [0.29, 0.717) is 34.9 Å². The lowest BCUT2D eigenvalue weighted by molar-refractivity contribution is 1.07. The summed E-state index contributed by atoms with van der Waals surface area (Å²) < 4.78 is 0. The van der Waals surface area contributed by atoms with Gasteiger partial charge < -0.3 is 0 Å². The first kappa shape index (κ1) is 36.6. The van der Waals surface area contributed by atoms with Crippen LogP contribution in [0.5, 0.6) is 0 Å². The van der Waals surface area contributed by atoms with Gasteiger partial charge in [-0.25, -0.2) is 29.9 Å². The zero-order valence-electron chi connectivity index (χ0n) is 33.5. The van der Waals surface area contributed by atoms with E-state index < -0.39 is 0 Å². The van der Waals surface area contributed by atoms with Crippen molar-refractivity contribution in [3.05, 3.63) is 218 Å². The van der Waals surface area contributed by atoms with Gasteiger partial charge in [0.1, 0.15) is 0 Å². The zero-order valence-corrected chi connectivity index (χ0v) is 33.5. The van der Waals surface area contributed by atoms with E-state index in [4.69, 9.17) is 29.9 Å². The molecule has 11 aromatic rings. The van der Waals surface area contributed by atoms with E-state index in [0.717, 1.165) is 77.2 Å². The largest absolute Gasteiger partial charge is 0.208 e. The molecule has 0 aliphatic rings. The topological polar surface area (TPSA) is 77.3 Å². The van der Waals surface area contributed by atoms with Crippen LogP contribution in [0.25, 0.3) is 112 Å². The van der Waals surface area contributed by atoms with Crippen molar-refractivity contribution in [1.82, 2.24) is 29.9 Å². The molecule has 0 unspecified atom stereocenters. The second kappa shape index (κ2) is 15.9. The number of hydrogen-bond donors (Lipinski definition) is 0. The summed E-state index contributed by atoms with van der Waals surface area (Å²) in [4.78, 5) is 30.0. The smallest absolute Gasteiger partial charge is 0.164 e. The Morgan fingerprint density at radius 3 is 1.16 bits per heavy atom. The Kier molecular flexibility index (Phi) is 9.41. The molecule has 9 aromatic carbocycles. The van der Waals surface area contributed by atoms with Gasteiger partial charge in [0, 0.05) is 33.4 Å². The van der Waals surface area contributed by atoms with Crippen molar-refractivity contribution in [2.45, 2.75) is 0 Å². The molecule has 0 saturated carbocycles. The second-order valence-corrected chi connectivity index (χ2v) is 15.1. The van der Waals surface area contributed by atoms with Gasteiger partial charge in [-0.2, -0.15) is 0 Å². The minimum absolute atomic E-state index is 0.621. The lowest BCUT2D eigenvalue weighted by Crippen LogP contribution is -2.00. The molecule has 0 radical (unpaired) electrons. The monoisotopic (exact) mass is 792 g/mol. The van der Waals surface area contributed by atoms with Crippen LogP contribution in [0.3, 0.4) is 0 Å². The van der Waals surface area contributed by atoms with E-state index in [-0.39, 0.29) is 0 Å². The summed E-state index contributed by atoms with van der Waals surface area (Å²) >= 11 is 0.